The molecule has 302 valence electrons. The molecular weight excluding hydrogens is 904 g/mol. The van der Waals surface area contributed by atoms with Crippen molar-refractivity contribution in [1.29, 1.82) is 0 Å². The molecule has 8 aromatic rings. The molecule has 0 fully saturated rings. The fourth-order valence-corrected chi connectivity index (χ4v) is 8.29. The van der Waals surface area contributed by atoms with E-state index in [9.17, 15) is 0 Å². The van der Waals surface area contributed by atoms with Gasteiger partial charge in [-0.15, -0.1) is 41.3 Å². The van der Waals surface area contributed by atoms with Gasteiger partial charge >= 0.3 is 21.1 Å². The van der Waals surface area contributed by atoms with Crippen LogP contribution in [0.2, 0.25) is 0 Å². The molecule has 6 heteroatoms. The van der Waals surface area contributed by atoms with Gasteiger partial charge in [-0.25, -0.2) is 4.98 Å². The third kappa shape index (κ3) is 7.95. The van der Waals surface area contributed by atoms with Crippen LogP contribution in [0.3, 0.4) is 0 Å². The van der Waals surface area contributed by atoms with Crippen molar-refractivity contribution in [3.8, 4) is 45.5 Å². The Morgan fingerprint density at radius 1 is 0.661 bits per heavy atom. The second kappa shape index (κ2) is 16.4. The monoisotopic (exact) mass is 957 g/mol. The smallest absolute Gasteiger partial charge is 0.503 e. The molecule has 8 rings (SSSR count). The minimum atomic E-state index is -0.0270. The molecule has 5 nitrogen and oxygen atoms in total. The van der Waals surface area contributed by atoms with Gasteiger partial charge in [0, 0.05) is 41.3 Å². The Kier molecular flexibility index (Phi) is 11.7. The summed E-state index contributed by atoms with van der Waals surface area (Å²) in [4.78, 5) is 9.88. The maximum absolute atomic E-state index is 6.64. The molecule has 0 bridgehead atoms. The average molecular weight is 958 g/mol. The van der Waals surface area contributed by atoms with Crippen LogP contribution in [0.4, 0.5) is 0 Å². The van der Waals surface area contributed by atoms with Crippen molar-refractivity contribution in [2.45, 2.75) is 99.3 Å². The number of hydrogen-bond donors (Lipinski definition) is 0. The van der Waals surface area contributed by atoms with E-state index < -0.39 is 0 Å². The first-order valence-corrected chi connectivity index (χ1v) is 20.7. The van der Waals surface area contributed by atoms with Crippen LogP contribution in [0, 0.1) is 26.0 Å². The van der Waals surface area contributed by atoms with E-state index in [4.69, 9.17) is 14.7 Å². The summed E-state index contributed by atoms with van der Waals surface area (Å²) in [6, 6.07) is 39.7. The third-order valence-electron chi connectivity index (χ3n) is 11.5. The summed E-state index contributed by atoms with van der Waals surface area (Å²) in [5.41, 5.74) is 14.2. The molecule has 0 aliphatic rings. The number of ether oxygens (including phenoxy) is 1. The second-order valence-electron chi connectivity index (χ2n) is 17.7. The van der Waals surface area contributed by atoms with E-state index in [1.165, 1.54) is 44.6 Å². The van der Waals surface area contributed by atoms with Crippen LogP contribution in [0.1, 0.15) is 113 Å². The maximum Gasteiger partial charge on any atom is 2.00 e. The largest absolute Gasteiger partial charge is 2.00 e. The van der Waals surface area contributed by atoms with Crippen LogP contribution < -0.4 is 4.74 Å². The number of pyridine rings is 1. The number of fused-ring (bicyclic) bond motifs is 3. The van der Waals surface area contributed by atoms with Gasteiger partial charge in [-0.3, -0.25) is 4.98 Å². The van der Waals surface area contributed by atoms with E-state index in [2.05, 4.69) is 176 Å². The summed E-state index contributed by atoms with van der Waals surface area (Å²) in [7, 11) is 0. The molecule has 0 spiro atoms. The summed E-state index contributed by atoms with van der Waals surface area (Å²) >= 11 is 0. The van der Waals surface area contributed by atoms with E-state index in [1.54, 1.807) is 0 Å². The number of imidazole rings is 1. The molecule has 0 saturated heterocycles. The molecule has 0 N–H and O–H groups in total. The van der Waals surface area contributed by atoms with Crippen LogP contribution in [0.5, 0.6) is 11.5 Å². The number of aromatic nitrogens is 4. The Morgan fingerprint density at radius 2 is 1.32 bits per heavy atom. The van der Waals surface area contributed by atoms with Crippen LogP contribution in [0.15, 0.2) is 110 Å². The Bertz CT molecular complexity index is 2760. The number of rotatable bonds is 9. The first kappa shape index (κ1) is 41.9. The fraction of sp³-hybridized carbons (Fsp3) is 0.283. The van der Waals surface area contributed by atoms with Crippen molar-refractivity contribution in [3.05, 3.63) is 155 Å². The van der Waals surface area contributed by atoms with Crippen molar-refractivity contribution < 1.29 is 25.8 Å². The Morgan fingerprint density at radius 3 is 1.98 bits per heavy atom. The van der Waals surface area contributed by atoms with Crippen molar-refractivity contribution in [2.75, 3.05) is 0 Å². The van der Waals surface area contributed by atoms with Crippen LogP contribution >= 0.6 is 0 Å². The molecule has 5 aromatic carbocycles. The number of nitrogens with zero attached hydrogens (tertiary/aromatic N) is 4. The average Bonchev–Trinajstić information content (AvgIpc) is 3.80. The molecule has 0 saturated carbocycles. The molecule has 59 heavy (non-hydrogen) atoms. The summed E-state index contributed by atoms with van der Waals surface area (Å²) in [5, 5.41) is 2.24. The van der Waals surface area contributed by atoms with Gasteiger partial charge < -0.3 is 13.9 Å². The molecular formula is C53H54N4OPt. The van der Waals surface area contributed by atoms with Gasteiger partial charge in [0.15, 0.2) is 0 Å². The zero-order valence-electron chi connectivity index (χ0n) is 36.1. The van der Waals surface area contributed by atoms with Crippen LogP contribution in [-0.4, -0.2) is 19.1 Å². The number of benzene rings is 5. The first-order valence-electron chi connectivity index (χ1n) is 20.7. The van der Waals surface area contributed by atoms with Gasteiger partial charge in [0.2, 0.25) is 0 Å². The summed E-state index contributed by atoms with van der Waals surface area (Å²) in [5.74, 6) is 3.98. The second-order valence-corrected chi connectivity index (χ2v) is 17.7. The fourth-order valence-electron chi connectivity index (χ4n) is 8.29. The number of hydrogen-bond acceptors (Lipinski definition) is 3. The summed E-state index contributed by atoms with van der Waals surface area (Å²) in [6.07, 6.45) is 5.88. The van der Waals surface area contributed by atoms with Gasteiger partial charge in [-0.2, -0.15) is 6.07 Å². The van der Waals surface area contributed by atoms with Crippen molar-refractivity contribution in [1.82, 2.24) is 19.1 Å². The minimum absolute atomic E-state index is 0. The predicted octanol–water partition coefficient (Wildman–Crippen LogP) is 14.4. The van der Waals surface area contributed by atoms with Crippen molar-refractivity contribution >= 4 is 21.8 Å². The topological polar surface area (TPSA) is 44.9 Å². The van der Waals surface area contributed by atoms with E-state index in [0.717, 1.165) is 44.6 Å². The minimum Gasteiger partial charge on any atom is -0.503 e. The molecule has 0 amide bonds. The first-order chi connectivity index (χ1) is 27.7. The third-order valence-corrected chi connectivity index (χ3v) is 11.5. The Labute approximate surface area is 364 Å². The standard InChI is InChI=1S/C53H54N4O.Pt/c1-32(2)39-27-45(33(3)4)51(46(28-39)34(5)6)56-25-24-55-52(56)38-16-13-17-41(26-38)58-42-19-21-44-43-20-18-40(53(9,10)11)30-47(43)57(48(44)31-42)49-29-37(22-23-54-49)50-35(7)14-12-15-36(50)8;/h12-25,27-30,32-34H,1-11H3;/q-2;+2. The van der Waals surface area contributed by atoms with Crippen LogP contribution in [-0.2, 0) is 26.5 Å². The Hall–Kier alpha value is -5.25. The van der Waals surface area contributed by atoms with E-state index in [1.807, 2.05) is 30.6 Å². The van der Waals surface area contributed by atoms with Gasteiger partial charge in [0.05, 0.1) is 5.82 Å². The molecule has 0 atom stereocenters. The molecule has 3 heterocycles. The van der Waals surface area contributed by atoms with Crippen molar-refractivity contribution in [3.63, 3.8) is 0 Å². The SMILES string of the molecule is Cc1cccc(C)c1-c1ccnc(-n2c3[c-]c(Oc4[c-]c(-c5nccn5-c5c(C(C)C)cc(C(C)C)cc5C(C)C)ccc4)ccc3c3ccc(C(C)(C)C)cc32)c1.[Pt+2]. The molecule has 0 radical (unpaired) electrons. The zero-order valence-corrected chi connectivity index (χ0v) is 38.4. The van der Waals surface area contributed by atoms with E-state index >= 15 is 0 Å². The number of aryl methyl sites for hydroxylation is 2. The van der Waals surface area contributed by atoms with Crippen molar-refractivity contribution in [2.24, 2.45) is 0 Å². The summed E-state index contributed by atoms with van der Waals surface area (Å²) in [6.45, 7) is 24.8. The van der Waals surface area contributed by atoms with Gasteiger partial charge in [0.25, 0.3) is 0 Å². The normalized spacial score (nSPS) is 12.0. The Balaban J connectivity index is 0.00000528. The predicted molar refractivity (Wildman–Crippen MR) is 241 cm³/mol. The molecule has 0 aliphatic heterocycles. The van der Waals surface area contributed by atoms with Crippen LogP contribution in [0.25, 0.3) is 55.8 Å². The quantitative estimate of drug-likeness (QED) is 0.135. The molecule has 3 aromatic heterocycles. The maximum atomic E-state index is 6.64. The van der Waals surface area contributed by atoms with Gasteiger partial charge in [-0.05, 0) is 105 Å². The van der Waals surface area contributed by atoms with E-state index in [-0.39, 0.29) is 26.5 Å². The summed E-state index contributed by atoms with van der Waals surface area (Å²) < 4.78 is 11.1. The van der Waals surface area contributed by atoms with Gasteiger partial charge in [-0.1, -0.05) is 116 Å². The zero-order chi connectivity index (χ0) is 41.0. The molecule has 0 aliphatic carbocycles. The van der Waals surface area contributed by atoms with E-state index in [0.29, 0.717) is 29.3 Å². The molecule has 0 unspecified atom stereocenters. The van der Waals surface area contributed by atoms with Gasteiger partial charge in [0.1, 0.15) is 5.82 Å².